The number of likely N-dealkylation sites (tertiary alicyclic amines) is 1. The Labute approximate surface area is 177 Å². The molecule has 0 radical (unpaired) electrons. The lowest BCUT2D eigenvalue weighted by Crippen LogP contribution is -2.26. The summed E-state index contributed by atoms with van der Waals surface area (Å²) in [4.78, 5) is 19.3. The van der Waals surface area contributed by atoms with Crippen LogP contribution < -0.4 is 10.0 Å². The number of sulfonamides is 1. The van der Waals surface area contributed by atoms with Crippen LogP contribution in [0.2, 0.25) is 0 Å². The monoisotopic (exact) mass is 426 g/mol. The van der Waals surface area contributed by atoms with Crippen molar-refractivity contribution >= 4 is 21.8 Å². The van der Waals surface area contributed by atoms with Crippen LogP contribution in [-0.4, -0.2) is 44.7 Å². The molecule has 2 N–H and O–H groups in total. The Bertz CT molecular complexity index is 1060. The molecule has 0 aromatic heterocycles. The molecule has 7 nitrogen and oxygen atoms in total. The third-order valence-electron chi connectivity index (χ3n) is 5.46. The lowest BCUT2D eigenvalue weighted by atomic mass is 10.1. The number of aliphatic imine (C=N–C) groups is 1. The molecule has 1 fully saturated rings. The number of rotatable bonds is 7. The Balaban J connectivity index is 1.31. The van der Waals surface area contributed by atoms with E-state index in [0.717, 1.165) is 25.2 Å². The minimum atomic E-state index is -3.55. The van der Waals surface area contributed by atoms with Crippen LogP contribution >= 0.6 is 0 Å². The first-order chi connectivity index (χ1) is 14.5. The summed E-state index contributed by atoms with van der Waals surface area (Å²) >= 11 is 0. The highest BCUT2D eigenvalue weighted by Crippen LogP contribution is 2.22. The summed E-state index contributed by atoms with van der Waals surface area (Å²) in [5.74, 6) is 0.193. The smallest absolute Gasteiger partial charge is 0.263 e. The van der Waals surface area contributed by atoms with Crippen LogP contribution in [0.5, 0.6) is 0 Å². The van der Waals surface area contributed by atoms with Gasteiger partial charge in [-0.15, -0.1) is 0 Å². The molecule has 0 aliphatic carbocycles. The first-order valence-electron chi connectivity index (χ1n) is 10.3. The standard InChI is InChI=1S/C22H26N4O3S/c27-21(11-12-23-22-19-9-3-4-10-20(19)30(28,29)25-22)24-15-17-7-1-2-8-18(17)16-26-13-5-6-14-26/h1-4,7-10H,5-6,11-16H2,(H,23,25)(H,24,27). The van der Waals surface area contributed by atoms with Crippen LogP contribution in [0, 0.1) is 0 Å². The summed E-state index contributed by atoms with van der Waals surface area (Å²) in [5, 5.41) is 2.96. The number of amides is 1. The molecule has 4 rings (SSSR count). The SMILES string of the molecule is O=C(CCN=C1NS(=O)(=O)c2ccccc21)NCc1ccccc1CN1CCCC1. The van der Waals surface area contributed by atoms with E-state index in [0.29, 0.717) is 17.9 Å². The molecule has 2 aliphatic heterocycles. The fourth-order valence-electron chi connectivity index (χ4n) is 3.87. The van der Waals surface area contributed by atoms with Crippen molar-refractivity contribution in [2.45, 2.75) is 37.2 Å². The maximum atomic E-state index is 12.3. The molecule has 0 bridgehead atoms. The van der Waals surface area contributed by atoms with Gasteiger partial charge in [-0.2, -0.15) is 0 Å². The van der Waals surface area contributed by atoms with E-state index in [2.05, 4.69) is 32.1 Å². The van der Waals surface area contributed by atoms with E-state index in [4.69, 9.17) is 0 Å². The zero-order chi connectivity index (χ0) is 21.0. The Kier molecular flexibility index (Phi) is 6.15. The van der Waals surface area contributed by atoms with E-state index in [9.17, 15) is 13.2 Å². The van der Waals surface area contributed by atoms with E-state index in [1.165, 1.54) is 18.4 Å². The molecule has 0 atom stereocenters. The average Bonchev–Trinajstić information content (AvgIpc) is 3.34. The van der Waals surface area contributed by atoms with Gasteiger partial charge < -0.3 is 5.32 Å². The minimum Gasteiger partial charge on any atom is -0.352 e. The van der Waals surface area contributed by atoms with E-state index >= 15 is 0 Å². The third-order valence-corrected chi connectivity index (χ3v) is 6.86. The predicted molar refractivity (Wildman–Crippen MR) is 116 cm³/mol. The second kappa shape index (κ2) is 8.97. The molecule has 0 saturated carbocycles. The van der Waals surface area contributed by atoms with Crippen molar-refractivity contribution in [2.24, 2.45) is 4.99 Å². The molecule has 2 aromatic carbocycles. The van der Waals surface area contributed by atoms with Crippen molar-refractivity contribution in [3.05, 3.63) is 65.2 Å². The van der Waals surface area contributed by atoms with E-state index in [1.54, 1.807) is 24.3 Å². The summed E-state index contributed by atoms with van der Waals surface area (Å²) < 4.78 is 26.7. The number of hydrogen-bond acceptors (Lipinski definition) is 5. The maximum absolute atomic E-state index is 12.3. The molecule has 2 heterocycles. The van der Waals surface area contributed by atoms with Gasteiger partial charge >= 0.3 is 0 Å². The Morgan fingerprint density at radius 3 is 2.53 bits per heavy atom. The number of hydrogen-bond donors (Lipinski definition) is 2. The first kappa shape index (κ1) is 20.6. The van der Waals surface area contributed by atoms with Crippen LogP contribution in [0.25, 0.3) is 0 Å². The molecule has 1 amide bonds. The number of nitrogens with zero attached hydrogens (tertiary/aromatic N) is 2. The number of nitrogens with one attached hydrogen (secondary N) is 2. The second-order valence-electron chi connectivity index (χ2n) is 7.61. The Morgan fingerprint density at radius 1 is 1.03 bits per heavy atom. The minimum absolute atomic E-state index is 0.107. The van der Waals surface area contributed by atoms with Crippen LogP contribution in [0.4, 0.5) is 0 Å². The van der Waals surface area contributed by atoms with Crippen molar-refractivity contribution in [2.75, 3.05) is 19.6 Å². The maximum Gasteiger partial charge on any atom is 0.263 e. The van der Waals surface area contributed by atoms with Gasteiger partial charge in [0.25, 0.3) is 10.0 Å². The lowest BCUT2D eigenvalue weighted by molar-refractivity contribution is -0.121. The zero-order valence-electron chi connectivity index (χ0n) is 16.8. The Morgan fingerprint density at radius 2 is 1.73 bits per heavy atom. The van der Waals surface area contributed by atoms with Gasteiger partial charge in [-0.3, -0.25) is 19.4 Å². The van der Waals surface area contributed by atoms with Gasteiger partial charge in [0.05, 0.1) is 11.4 Å². The van der Waals surface area contributed by atoms with Gasteiger partial charge in [0.1, 0.15) is 5.84 Å². The van der Waals surface area contributed by atoms with Gasteiger partial charge in [-0.1, -0.05) is 36.4 Å². The number of benzene rings is 2. The van der Waals surface area contributed by atoms with E-state index in [-0.39, 0.29) is 23.8 Å². The summed E-state index contributed by atoms with van der Waals surface area (Å²) in [6.07, 6.45) is 2.70. The molecular weight excluding hydrogens is 400 g/mol. The molecule has 2 aromatic rings. The first-order valence-corrected chi connectivity index (χ1v) is 11.7. The highest BCUT2D eigenvalue weighted by Gasteiger charge is 2.29. The molecular formula is C22H26N4O3S. The topological polar surface area (TPSA) is 90.9 Å². The van der Waals surface area contributed by atoms with Gasteiger partial charge in [0.15, 0.2) is 0 Å². The number of carbonyl (C=O) groups excluding carboxylic acids is 1. The quantitative estimate of drug-likeness (QED) is 0.709. The van der Waals surface area contributed by atoms with Gasteiger partial charge in [0.2, 0.25) is 5.91 Å². The van der Waals surface area contributed by atoms with Gasteiger partial charge in [-0.05, 0) is 49.2 Å². The number of fused-ring (bicyclic) bond motifs is 1. The van der Waals surface area contributed by atoms with E-state index in [1.807, 2.05) is 12.1 Å². The lowest BCUT2D eigenvalue weighted by Gasteiger charge is -2.17. The second-order valence-corrected chi connectivity index (χ2v) is 9.26. The van der Waals surface area contributed by atoms with Crippen LogP contribution in [-0.2, 0) is 27.9 Å². The Hall–Kier alpha value is -2.71. The number of amidine groups is 1. The summed E-state index contributed by atoms with van der Waals surface area (Å²) in [5.41, 5.74) is 2.92. The van der Waals surface area contributed by atoms with Crippen molar-refractivity contribution in [3.8, 4) is 0 Å². The highest BCUT2D eigenvalue weighted by molar-refractivity contribution is 7.90. The van der Waals surface area contributed by atoms with Gasteiger partial charge in [-0.25, -0.2) is 8.42 Å². The molecule has 0 unspecified atom stereocenters. The average molecular weight is 427 g/mol. The highest BCUT2D eigenvalue weighted by atomic mass is 32.2. The van der Waals surface area contributed by atoms with Crippen LogP contribution in [0.15, 0.2) is 58.4 Å². The van der Waals surface area contributed by atoms with Crippen molar-refractivity contribution in [3.63, 3.8) is 0 Å². The van der Waals surface area contributed by atoms with Crippen LogP contribution in [0.1, 0.15) is 36.0 Å². The molecule has 30 heavy (non-hydrogen) atoms. The fraction of sp³-hybridized carbons (Fsp3) is 0.364. The van der Waals surface area contributed by atoms with Crippen molar-refractivity contribution in [1.82, 2.24) is 14.9 Å². The molecule has 8 heteroatoms. The van der Waals surface area contributed by atoms with E-state index < -0.39 is 10.0 Å². The predicted octanol–water partition coefficient (Wildman–Crippen LogP) is 2.03. The number of carbonyl (C=O) groups is 1. The van der Waals surface area contributed by atoms with Crippen LogP contribution in [0.3, 0.4) is 0 Å². The largest absolute Gasteiger partial charge is 0.352 e. The van der Waals surface area contributed by atoms with Crippen molar-refractivity contribution < 1.29 is 13.2 Å². The zero-order valence-corrected chi connectivity index (χ0v) is 17.6. The molecule has 1 saturated heterocycles. The normalized spacial score (nSPS) is 18.9. The van der Waals surface area contributed by atoms with Crippen molar-refractivity contribution in [1.29, 1.82) is 0 Å². The summed E-state index contributed by atoms with van der Waals surface area (Å²) in [6.45, 7) is 3.88. The molecule has 0 spiro atoms. The fourth-order valence-corrected chi connectivity index (χ4v) is 5.12. The van der Waals surface area contributed by atoms with Gasteiger partial charge in [0, 0.05) is 25.1 Å². The molecule has 2 aliphatic rings. The summed E-state index contributed by atoms with van der Waals surface area (Å²) in [6, 6.07) is 14.9. The summed E-state index contributed by atoms with van der Waals surface area (Å²) in [7, 11) is -3.55. The molecule has 158 valence electrons. The third kappa shape index (κ3) is 4.71.